The van der Waals surface area contributed by atoms with Crippen molar-refractivity contribution in [1.29, 1.82) is 5.26 Å². The van der Waals surface area contributed by atoms with Crippen LogP contribution in [-0.2, 0) is 11.3 Å². The van der Waals surface area contributed by atoms with Crippen LogP contribution < -0.4 is 10.2 Å². The molecule has 1 aliphatic rings. The van der Waals surface area contributed by atoms with Gasteiger partial charge in [-0.15, -0.1) is 0 Å². The molecule has 0 saturated heterocycles. The summed E-state index contributed by atoms with van der Waals surface area (Å²) in [5, 5.41) is 11.7. The number of amides is 1. The van der Waals surface area contributed by atoms with Crippen molar-refractivity contribution in [3.63, 3.8) is 0 Å². The summed E-state index contributed by atoms with van der Waals surface area (Å²) in [7, 11) is 0. The van der Waals surface area contributed by atoms with Gasteiger partial charge in [-0.25, -0.2) is 4.39 Å². The average Bonchev–Trinajstić information content (AvgIpc) is 2.49. The van der Waals surface area contributed by atoms with Gasteiger partial charge in [-0.2, -0.15) is 5.26 Å². The molecule has 0 bridgehead atoms. The van der Waals surface area contributed by atoms with E-state index in [9.17, 15) is 9.18 Å². The first-order chi connectivity index (χ1) is 10.2. The predicted molar refractivity (Wildman–Crippen MR) is 77.2 cm³/mol. The number of carbonyl (C=O) groups is 1. The van der Waals surface area contributed by atoms with Crippen molar-refractivity contribution >= 4 is 17.3 Å². The Balaban J connectivity index is 1.96. The molecule has 1 N–H and O–H groups in total. The number of carbonyl (C=O) groups excluding carboxylic acids is 1. The maximum Gasteiger partial charge on any atom is 0.243 e. The summed E-state index contributed by atoms with van der Waals surface area (Å²) in [4.78, 5) is 13.5. The van der Waals surface area contributed by atoms with Crippen LogP contribution in [0, 0.1) is 17.1 Å². The number of benzene rings is 2. The van der Waals surface area contributed by atoms with E-state index < -0.39 is 5.82 Å². The number of nitrogens with zero attached hydrogens (tertiary/aromatic N) is 2. The lowest BCUT2D eigenvalue weighted by Gasteiger charge is -2.31. The number of nitrogens with one attached hydrogen (secondary N) is 1. The monoisotopic (exact) mass is 281 g/mol. The van der Waals surface area contributed by atoms with Gasteiger partial charge in [0.05, 0.1) is 23.5 Å². The molecule has 21 heavy (non-hydrogen) atoms. The van der Waals surface area contributed by atoms with Gasteiger partial charge in [-0.05, 0) is 18.2 Å². The van der Waals surface area contributed by atoms with E-state index in [1.165, 1.54) is 6.07 Å². The second-order valence-corrected chi connectivity index (χ2v) is 4.81. The smallest absolute Gasteiger partial charge is 0.243 e. The first-order valence-corrected chi connectivity index (χ1v) is 6.50. The molecule has 4 nitrogen and oxygen atoms in total. The van der Waals surface area contributed by atoms with E-state index in [2.05, 4.69) is 5.32 Å². The summed E-state index contributed by atoms with van der Waals surface area (Å²) < 4.78 is 14.2. The molecule has 0 aromatic heterocycles. The number of hydrogen-bond donors (Lipinski definition) is 1. The predicted octanol–water partition coefficient (Wildman–Crippen LogP) is 2.66. The second kappa shape index (κ2) is 5.25. The molecule has 1 heterocycles. The lowest BCUT2D eigenvalue weighted by atomic mass is 10.1. The summed E-state index contributed by atoms with van der Waals surface area (Å²) in [6.45, 7) is 0.402. The molecule has 0 fully saturated rings. The molecule has 104 valence electrons. The molecule has 0 radical (unpaired) electrons. The quantitative estimate of drug-likeness (QED) is 0.920. The highest BCUT2D eigenvalue weighted by Crippen LogP contribution is 2.30. The van der Waals surface area contributed by atoms with Crippen molar-refractivity contribution in [2.45, 2.75) is 6.54 Å². The van der Waals surface area contributed by atoms with E-state index in [1.54, 1.807) is 23.1 Å². The maximum atomic E-state index is 14.2. The molecule has 5 heteroatoms. The molecule has 0 unspecified atom stereocenters. The van der Waals surface area contributed by atoms with Crippen LogP contribution in [-0.4, -0.2) is 12.5 Å². The van der Waals surface area contributed by atoms with Crippen LogP contribution >= 0.6 is 0 Å². The molecule has 0 atom stereocenters. The fourth-order valence-electron chi connectivity index (χ4n) is 2.44. The summed E-state index contributed by atoms with van der Waals surface area (Å²) in [6, 6.07) is 13.9. The molecule has 3 rings (SSSR count). The molecule has 0 saturated carbocycles. The van der Waals surface area contributed by atoms with Gasteiger partial charge >= 0.3 is 0 Å². The molecular weight excluding hydrogens is 269 g/mol. The molecule has 2 aromatic carbocycles. The highest BCUT2D eigenvalue weighted by Gasteiger charge is 2.22. The Bertz CT molecular complexity index is 751. The highest BCUT2D eigenvalue weighted by molar-refractivity contribution is 6.01. The fraction of sp³-hybridized carbons (Fsp3) is 0.125. The van der Waals surface area contributed by atoms with E-state index in [4.69, 9.17) is 5.26 Å². The third-order valence-corrected chi connectivity index (χ3v) is 3.41. The number of anilines is 2. The van der Waals surface area contributed by atoms with Crippen molar-refractivity contribution < 1.29 is 9.18 Å². The van der Waals surface area contributed by atoms with E-state index >= 15 is 0 Å². The Morgan fingerprint density at radius 3 is 2.86 bits per heavy atom. The highest BCUT2D eigenvalue weighted by atomic mass is 19.1. The van der Waals surface area contributed by atoms with Gasteiger partial charge in [0.25, 0.3) is 0 Å². The summed E-state index contributed by atoms with van der Waals surface area (Å²) >= 11 is 0. The number of halogens is 1. The minimum absolute atomic E-state index is 0.0160. The zero-order chi connectivity index (χ0) is 14.8. The number of nitriles is 1. The molecule has 1 amide bonds. The van der Waals surface area contributed by atoms with Gasteiger partial charge in [-0.1, -0.05) is 24.3 Å². The third kappa shape index (κ3) is 2.43. The molecule has 0 spiro atoms. The number of rotatable bonds is 2. The van der Waals surface area contributed by atoms with E-state index in [0.717, 1.165) is 5.69 Å². The standard InChI is InChI=1S/C16H12FN3O/c17-16-11(8-18)4-3-5-12(16)9-20-10-15(21)19-13-6-1-2-7-14(13)20/h1-7H,9-10H2,(H,19,21). The van der Waals surface area contributed by atoms with E-state index in [0.29, 0.717) is 11.3 Å². The Labute approximate surface area is 121 Å². The van der Waals surface area contributed by atoms with Crippen molar-refractivity contribution in [3.05, 3.63) is 59.4 Å². The van der Waals surface area contributed by atoms with Crippen LogP contribution in [0.1, 0.15) is 11.1 Å². The first kappa shape index (κ1) is 13.1. The summed E-state index contributed by atoms with van der Waals surface area (Å²) in [5.74, 6) is -0.658. The summed E-state index contributed by atoms with van der Waals surface area (Å²) in [5.41, 5.74) is 1.98. The van der Waals surface area contributed by atoms with Crippen molar-refractivity contribution in [1.82, 2.24) is 0 Å². The van der Waals surface area contributed by atoms with Crippen LogP contribution in [0.5, 0.6) is 0 Å². The Hall–Kier alpha value is -2.87. The van der Waals surface area contributed by atoms with Gasteiger partial charge in [-0.3, -0.25) is 4.79 Å². The molecule has 2 aromatic rings. The zero-order valence-corrected chi connectivity index (χ0v) is 11.1. The SMILES string of the molecule is N#Cc1cccc(CN2CC(=O)Nc3ccccc32)c1F. The van der Waals surface area contributed by atoms with Crippen molar-refractivity contribution in [2.24, 2.45) is 0 Å². The topological polar surface area (TPSA) is 56.1 Å². The van der Waals surface area contributed by atoms with E-state index in [-0.39, 0.29) is 24.6 Å². The molecule has 1 aliphatic heterocycles. The lowest BCUT2D eigenvalue weighted by molar-refractivity contribution is -0.115. The maximum absolute atomic E-state index is 14.2. The number of fused-ring (bicyclic) bond motifs is 1. The van der Waals surface area contributed by atoms with Crippen LogP contribution in [0.15, 0.2) is 42.5 Å². The summed E-state index contributed by atoms with van der Waals surface area (Å²) in [6.07, 6.45) is 0. The Morgan fingerprint density at radius 2 is 2.05 bits per heavy atom. The minimum atomic E-state index is -0.525. The van der Waals surface area contributed by atoms with Gasteiger partial charge in [0, 0.05) is 12.1 Å². The van der Waals surface area contributed by atoms with Crippen LogP contribution in [0.3, 0.4) is 0 Å². The lowest BCUT2D eigenvalue weighted by Crippen LogP contribution is -2.37. The van der Waals surface area contributed by atoms with Crippen molar-refractivity contribution in [3.8, 4) is 6.07 Å². The molecule has 0 aliphatic carbocycles. The average molecular weight is 281 g/mol. The Kier molecular flexibility index (Phi) is 3.28. The van der Waals surface area contributed by atoms with Gasteiger partial charge in [0.2, 0.25) is 5.91 Å². The Morgan fingerprint density at radius 1 is 1.24 bits per heavy atom. The molecular formula is C16H12FN3O. The van der Waals surface area contributed by atoms with Crippen LogP contribution in [0.25, 0.3) is 0 Å². The van der Waals surface area contributed by atoms with Crippen LogP contribution in [0.4, 0.5) is 15.8 Å². The normalized spacial score (nSPS) is 13.3. The largest absolute Gasteiger partial charge is 0.356 e. The first-order valence-electron chi connectivity index (χ1n) is 6.50. The zero-order valence-electron chi connectivity index (χ0n) is 11.1. The van der Waals surface area contributed by atoms with Gasteiger partial charge in [0.1, 0.15) is 11.9 Å². The second-order valence-electron chi connectivity index (χ2n) is 4.81. The van der Waals surface area contributed by atoms with Gasteiger partial charge in [0.15, 0.2) is 0 Å². The third-order valence-electron chi connectivity index (χ3n) is 3.41. The number of hydrogen-bond acceptors (Lipinski definition) is 3. The fourth-order valence-corrected chi connectivity index (χ4v) is 2.44. The number of para-hydroxylation sites is 2. The van der Waals surface area contributed by atoms with Crippen LogP contribution in [0.2, 0.25) is 0 Å². The van der Waals surface area contributed by atoms with Gasteiger partial charge < -0.3 is 10.2 Å². The minimum Gasteiger partial charge on any atom is -0.356 e. The van der Waals surface area contributed by atoms with Crippen molar-refractivity contribution in [2.75, 3.05) is 16.8 Å². The van der Waals surface area contributed by atoms with E-state index in [1.807, 2.05) is 24.3 Å².